The lowest BCUT2D eigenvalue weighted by molar-refractivity contribution is -0.127. The average molecular weight is 300 g/mol. The Morgan fingerprint density at radius 2 is 2.14 bits per heavy atom. The molecule has 1 heterocycles. The van der Waals surface area contributed by atoms with Crippen LogP contribution in [0.5, 0.6) is 0 Å². The molecule has 22 heavy (non-hydrogen) atoms. The molecular formula is C17H24N4O. The molecule has 5 nitrogen and oxygen atoms in total. The third kappa shape index (κ3) is 3.87. The van der Waals surface area contributed by atoms with Crippen LogP contribution in [0.3, 0.4) is 0 Å². The quantitative estimate of drug-likeness (QED) is 0.523. The number of likely N-dealkylation sites (N-methyl/N-ethyl adjacent to an activating group) is 1. The maximum absolute atomic E-state index is 11.8. The van der Waals surface area contributed by atoms with Crippen molar-refractivity contribution in [1.29, 1.82) is 0 Å². The van der Waals surface area contributed by atoms with E-state index in [2.05, 4.69) is 40.0 Å². The first-order chi connectivity index (χ1) is 10.5. The van der Waals surface area contributed by atoms with Gasteiger partial charge >= 0.3 is 0 Å². The van der Waals surface area contributed by atoms with Crippen LogP contribution in [-0.4, -0.2) is 50.5 Å². The molecule has 0 spiro atoms. The van der Waals surface area contributed by atoms with Crippen molar-refractivity contribution in [2.45, 2.75) is 13.3 Å². The minimum absolute atomic E-state index is 0.0119. The lowest BCUT2D eigenvalue weighted by Crippen LogP contribution is -2.42. The lowest BCUT2D eigenvalue weighted by Gasteiger charge is -2.23. The van der Waals surface area contributed by atoms with Gasteiger partial charge in [0.15, 0.2) is 5.96 Å². The van der Waals surface area contributed by atoms with E-state index in [0.717, 1.165) is 30.2 Å². The van der Waals surface area contributed by atoms with Gasteiger partial charge in [0.05, 0.1) is 0 Å². The zero-order valence-electron chi connectivity index (χ0n) is 13.6. The molecule has 1 N–H and O–H groups in total. The number of benzene rings is 1. The first-order valence-electron chi connectivity index (χ1n) is 7.47. The summed E-state index contributed by atoms with van der Waals surface area (Å²) in [6.45, 7) is 7.54. The number of amides is 1. The van der Waals surface area contributed by atoms with Gasteiger partial charge in [0.1, 0.15) is 6.54 Å². The summed E-state index contributed by atoms with van der Waals surface area (Å²) in [4.78, 5) is 20.0. The molecule has 0 saturated carbocycles. The highest BCUT2D eigenvalue weighted by Gasteiger charge is 2.22. The number of carbonyl (C=O) groups excluding carboxylic acids is 1. The van der Waals surface area contributed by atoms with Crippen LogP contribution in [0.25, 0.3) is 0 Å². The van der Waals surface area contributed by atoms with E-state index in [1.165, 1.54) is 5.56 Å². The van der Waals surface area contributed by atoms with E-state index in [-0.39, 0.29) is 12.5 Å². The summed E-state index contributed by atoms with van der Waals surface area (Å²) < 4.78 is 0. The maximum Gasteiger partial charge on any atom is 0.243 e. The smallest absolute Gasteiger partial charge is 0.243 e. The Morgan fingerprint density at radius 1 is 1.41 bits per heavy atom. The van der Waals surface area contributed by atoms with Gasteiger partial charge in [-0.15, -0.1) is 0 Å². The zero-order valence-corrected chi connectivity index (χ0v) is 13.6. The third-order valence-electron chi connectivity index (χ3n) is 3.55. The predicted molar refractivity (Wildman–Crippen MR) is 91.3 cm³/mol. The Bertz CT molecular complexity index is 592. The molecule has 118 valence electrons. The first kappa shape index (κ1) is 16.1. The van der Waals surface area contributed by atoms with Crippen LogP contribution in [-0.2, 0) is 11.2 Å². The van der Waals surface area contributed by atoms with Crippen LogP contribution < -0.4 is 10.2 Å². The highest BCUT2D eigenvalue weighted by molar-refractivity contribution is 5.99. The Labute approximate surface area is 132 Å². The van der Waals surface area contributed by atoms with Crippen LogP contribution in [0, 0.1) is 0 Å². The molecule has 0 unspecified atom stereocenters. The van der Waals surface area contributed by atoms with E-state index in [1.807, 2.05) is 13.0 Å². The van der Waals surface area contributed by atoms with Crippen LogP contribution in [0.4, 0.5) is 5.69 Å². The first-order valence-corrected chi connectivity index (χ1v) is 7.47. The number of para-hydroxylation sites is 1. The molecule has 5 heteroatoms. The molecule has 0 radical (unpaired) electrons. The van der Waals surface area contributed by atoms with Crippen molar-refractivity contribution in [3.63, 3.8) is 0 Å². The standard InChI is InChI=1S/C17H24N4O/c1-13(2)11-18-17(19-12-16(22)20(3)4)21-10-9-14-7-5-6-8-15(14)21/h5-8H,1,9-12H2,2-4H3,(H,18,19). The minimum atomic E-state index is -0.0119. The largest absolute Gasteiger partial charge is 0.352 e. The molecular weight excluding hydrogens is 276 g/mol. The van der Waals surface area contributed by atoms with Gasteiger partial charge in [-0.1, -0.05) is 30.4 Å². The summed E-state index contributed by atoms with van der Waals surface area (Å²) in [7, 11) is 3.48. The molecule has 1 aromatic carbocycles. The number of hydrogen-bond donors (Lipinski definition) is 1. The number of fused-ring (bicyclic) bond motifs is 1. The molecule has 0 aromatic heterocycles. The number of nitrogens with one attached hydrogen (secondary N) is 1. The fraction of sp³-hybridized carbons (Fsp3) is 0.412. The monoisotopic (exact) mass is 300 g/mol. The van der Waals surface area contributed by atoms with Crippen LogP contribution >= 0.6 is 0 Å². The second-order valence-electron chi connectivity index (χ2n) is 5.77. The second-order valence-corrected chi connectivity index (χ2v) is 5.77. The van der Waals surface area contributed by atoms with E-state index < -0.39 is 0 Å². The Kier molecular flexibility index (Phi) is 5.20. The number of hydrogen-bond acceptors (Lipinski definition) is 2. The van der Waals surface area contributed by atoms with Gasteiger partial charge in [-0.25, -0.2) is 4.99 Å². The third-order valence-corrected chi connectivity index (χ3v) is 3.55. The van der Waals surface area contributed by atoms with E-state index in [9.17, 15) is 4.79 Å². The SMILES string of the molecule is C=C(C)CNC(=NCC(=O)N(C)C)N1CCc2ccccc21. The fourth-order valence-electron chi connectivity index (χ4n) is 2.31. The van der Waals surface area contributed by atoms with E-state index in [4.69, 9.17) is 0 Å². The molecule has 0 atom stereocenters. The highest BCUT2D eigenvalue weighted by Crippen LogP contribution is 2.27. The average Bonchev–Trinajstić information content (AvgIpc) is 2.90. The molecule has 0 bridgehead atoms. The lowest BCUT2D eigenvalue weighted by atomic mass is 10.2. The molecule has 2 rings (SSSR count). The molecule has 1 amide bonds. The van der Waals surface area contributed by atoms with Crippen molar-refractivity contribution < 1.29 is 4.79 Å². The van der Waals surface area contributed by atoms with Crippen molar-refractivity contribution >= 4 is 17.6 Å². The van der Waals surface area contributed by atoms with Crippen molar-refractivity contribution in [2.24, 2.45) is 4.99 Å². The predicted octanol–water partition coefficient (Wildman–Crippen LogP) is 1.66. The number of nitrogens with zero attached hydrogens (tertiary/aromatic N) is 3. The summed E-state index contributed by atoms with van der Waals surface area (Å²) in [6, 6.07) is 8.30. The van der Waals surface area contributed by atoms with Gasteiger partial charge in [0.25, 0.3) is 0 Å². The Balaban J connectivity index is 2.19. The van der Waals surface area contributed by atoms with Crippen LogP contribution in [0.15, 0.2) is 41.4 Å². The molecule has 1 aliphatic heterocycles. The minimum Gasteiger partial charge on any atom is -0.352 e. The van der Waals surface area contributed by atoms with E-state index >= 15 is 0 Å². The fourth-order valence-corrected chi connectivity index (χ4v) is 2.31. The van der Waals surface area contributed by atoms with Gasteiger partial charge in [-0.3, -0.25) is 4.79 Å². The summed E-state index contributed by atoms with van der Waals surface area (Å²) >= 11 is 0. The normalized spacial score (nSPS) is 13.8. The van der Waals surface area contributed by atoms with Gasteiger partial charge < -0.3 is 15.1 Å². The van der Waals surface area contributed by atoms with Crippen LogP contribution in [0.1, 0.15) is 12.5 Å². The zero-order chi connectivity index (χ0) is 16.1. The Morgan fingerprint density at radius 3 is 2.82 bits per heavy atom. The topological polar surface area (TPSA) is 47.9 Å². The summed E-state index contributed by atoms with van der Waals surface area (Å²) in [5.74, 6) is 0.727. The molecule has 0 aliphatic carbocycles. The molecule has 0 saturated heterocycles. The van der Waals surface area contributed by atoms with Gasteiger partial charge in [0, 0.05) is 32.9 Å². The number of carbonyl (C=O) groups is 1. The van der Waals surface area contributed by atoms with Gasteiger partial charge in [0.2, 0.25) is 5.91 Å². The molecule has 0 fully saturated rings. The second kappa shape index (κ2) is 7.11. The van der Waals surface area contributed by atoms with Gasteiger partial charge in [-0.05, 0) is 25.0 Å². The number of guanidine groups is 1. The maximum atomic E-state index is 11.8. The molecule has 1 aromatic rings. The summed E-state index contributed by atoms with van der Waals surface area (Å²) in [5, 5.41) is 3.30. The number of anilines is 1. The molecule has 1 aliphatic rings. The van der Waals surface area contributed by atoms with Crippen LogP contribution in [0.2, 0.25) is 0 Å². The van der Waals surface area contributed by atoms with Crippen molar-refractivity contribution in [3.05, 3.63) is 42.0 Å². The van der Waals surface area contributed by atoms with Gasteiger partial charge in [-0.2, -0.15) is 0 Å². The van der Waals surface area contributed by atoms with Crippen molar-refractivity contribution in [2.75, 3.05) is 38.6 Å². The van der Waals surface area contributed by atoms with E-state index in [1.54, 1.807) is 19.0 Å². The van der Waals surface area contributed by atoms with Crippen molar-refractivity contribution in [1.82, 2.24) is 10.2 Å². The number of rotatable bonds is 4. The summed E-state index contributed by atoms with van der Waals surface area (Å²) in [6.07, 6.45) is 0.992. The summed E-state index contributed by atoms with van der Waals surface area (Å²) in [5.41, 5.74) is 3.50. The Hall–Kier alpha value is -2.30. The number of aliphatic imine (C=N–C) groups is 1. The van der Waals surface area contributed by atoms with E-state index in [0.29, 0.717) is 6.54 Å². The highest BCUT2D eigenvalue weighted by atomic mass is 16.2. The van der Waals surface area contributed by atoms with Crippen molar-refractivity contribution in [3.8, 4) is 0 Å².